The summed E-state index contributed by atoms with van der Waals surface area (Å²) in [7, 11) is 0. The maximum absolute atomic E-state index is 13.5. The second-order valence-electron chi connectivity index (χ2n) is 5.81. The van der Waals surface area contributed by atoms with Crippen LogP contribution < -0.4 is 4.80 Å². The maximum Gasteiger partial charge on any atom is 0.252 e. The third-order valence-corrected chi connectivity index (χ3v) is 5.49. The zero-order valence-corrected chi connectivity index (χ0v) is 15.8. The lowest BCUT2D eigenvalue weighted by molar-refractivity contribution is -0.117. The molecule has 2 aromatic carbocycles. The SMILES string of the molecule is CSCCn1c(=NC(=O)Cc2ccc(C)cc2)sc2cc(F)ccc21. The number of benzene rings is 2. The van der Waals surface area contributed by atoms with E-state index in [2.05, 4.69) is 4.99 Å². The van der Waals surface area contributed by atoms with Gasteiger partial charge in [0.2, 0.25) is 0 Å². The van der Waals surface area contributed by atoms with Gasteiger partial charge in [0.05, 0.1) is 16.6 Å². The largest absolute Gasteiger partial charge is 0.316 e. The zero-order valence-electron chi connectivity index (χ0n) is 14.2. The molecule has 0 aliphatic rings. The first-order chi connectivity index (χ1) is 12.1. The van der Waals surface area contributed by atoms with Crippen molar-refractivity contribution >= 4 is 39.2 Å². The molecule has 0 radical (unpaired) electrons. The Kier molecular flexibility index (Phi) is 5.71. The minimum atomic E-state index is -0.275. The van der Waals surface area contributed by atoms with Crippen LogP contribution in [0.1, 0.15) is 11.1 Å². The van der Waals surface area contributed by atoms with E-state index in [-0.39, 0.29) is 18.1 Å². The standard InChI is InChI=1S/C19H19FN2OS2/c1-13-3-5-14(6-4-13)11-18(23)21-19-22(9-10-24-2)16-8-7-15(20)12-17(16)25-19/h3-8,12H,9-11H2,1-2H3. The molecule has 3 rings (SSSR count). The van der Waals surface area contributed by atoms with Crippen LogP contribution in [0.4, 0.5) is 4.39 Å². The second-order valence-corrected chi connectivity index (χ2v) is 7.80. The average Bonchev–Trinajstić information content (AvgIpc) is 2.91. The van der Waals surface area contributed by atoms with E-state index in [1.807, 2.05) is 42.0 Å². The molecule has 0 fully saturated rings. The Balaban J connectivity index is 1.96. The molecule has 0 aliphatic heterocycles. The van der Waals surface area contributed by atoms with Crippen molar-refractivity contribution in [3.63, 3.8) is 0 Å². The van der Waals surface area contributed by atoms with Gasteiger partial charge in [-0.3, -0.25) is 4.79 Å². The molecule has 0 unspecified atom stereocenters. The van der Waals surface area contributed by atoms with Crippen molar-refractivity contribution < 1.29 is 9.18 Å². The Morgan fingerprint density at radius 1 is 1.24 bits per heavy atom. The van der Waals surface area contributed by atoms with Gasteiger partial charge in [0.25, 0.3) is 5.91 Å². The summed E-state index contributed by atoms with van der Waals surface area (Å²) in [5, 5.41) is 0. The van der Waals surface area contributed by atoms with Crippen molar-refractivity contribution in [3.05, 3.63) is 64.2 Å². The molecule has 1 heterocycles. The van der Waals surface area contributed by atoms with Crippen molar-refractivity contribution in [2.45, 2.75) is 19.9 Å². The number of rotatable bonds is 5. The fourth-order valence-corrected chi connectivity index (χ4v) is 4.02. The summed E-state index contributed by atoms with van der Waals surface area (Å²) in [6.45, 7) is 2.75. The first-order valence-electron chi connectivity index (χ1n) is 7.98. The van der Waals surface area contributed by atoms with Gasteiger partial charge in [0.15, 0.2) is 4.80 Å². The van der Waals surface area contributed by atoms with Gasteiger partial charge >= 0.3 is 0 Å². The van der Waals surface area contributed by atoms with Gasteiger partial charge < -0.3 is 4.57 Å². The number of thiazole rings is 1. The molecule has 1 aromatic heterocycles. The molecule has 3 nitrogen and oxygen atoms in total. The van der Waals surface area contributed by atoms with Gasteiger partial charge in [0.1, 0.15) is 5.82 Å². The van der Waals surface area contributed by atoms with Crippen molar-refractivity contribution in [2.75, 3.05) is 12.0 Å². The van der Waals surface area contributed by atoms with E-state index < -0.39 is 0 Å². The van der Waals surface area contributed by atoms with Gasteiger partial charge in [-0.05, 0) is 36.9 Å². The van der Waals surface area contributed by atoms with Crippen LogP contribution >= 0.6 is 23.1 Å². The van der Waals surface area contributed by atoms with Crippen LogP contribution in [0.15, 0.2) is 47.5 Å². The number of nitrogens with zero attached hydrogens (tertiary/aromatic N) is 2. The van der Waals surface area contributed by atoms with Crippen LogP contribution in [0, 0.1) is 12.7 Å². The lowest BCUT2D eigenvalue weighted by Gasteiger charge is -2.03. The molecule has 0 aliphatic carbocycles. The molecule has 0 spiro atoms. The number of thioether (sulfide) groups is 1. The predicted molar refractivity (Wildman–Crippen MR) is 104 cm³/mol. The molecule has 3 aromatic rings. The Bertz CT molecular complexity index is 958. The molecule has 25 heavy (non-hydrogen) atoms. The Hall–Kier alpha value is -1.92. The van der Waals surface area contributed by atoms with Crippen LogP contribution in [0.3, 0.4) is 0 Å². The normalized spacial score (nSPS) is 12.0. The third kappa shape index (κ3) is 4.38. The quantitative estimate of drug-likeness (QED) is 0.671. The monoisotopic (exact) mass is 374 g/mol. The Morgan fingerprint density at radius 2 is 2.00 bits per heavy atom. The van der Waals surface area contributed by atoms with Gasteiger partial charge in [-0.25, -0.2) is 4.39 Å². The van der Waals surface area contributed by atoms with E-state index >= 15 is 0 Å². The third-order valence-electron chi connectivity index (χ3n) is 3.86. The number of halogens is 1. The van der Waals surface area contributed by atoms with Gasteiger partial charge in [-0.2, -0.15) is 16.8 Å². The van der Waals surface area contributed by atoms with Gasteiger partial charge in [0, 0.05) is 12.3 Å². The van der Waals surface area contributed by atoms with E-state index in [4.69, 9.17) is 0 Å². The summed E-state index contributed by atoms with van der Waals surface area (Å²) < 4.78 is 16.3. The van der Waals surface area contributed by atoms with Crippen LogP contribution in [0.5, 0.6) is 0 Å². The van der Waals surface area contributed by atoms with Crippen LogP contribution in [-0.2, 0) is 17.8 Å². The summed E-state index contributed by atoms with van der Waals surface area (Å²) in [5.74, 6) is 0.444. The van der Waals surface area contributed by atoms with Gasteiger partial charge in [-0.15, -0.1) is 0 Å². The zero-order chi connectivity index (χ0) is 17.8. The fraction of sp³-hybridized carbons (Fsp3) is 0.263. The number of hydrogen-bond acceptors (Lipinski definition) is 3. The topological polar surface area (TPSA) is 34.4 Å². The number of aromatic nitrogens is 1. The minimum absolute atomic E-state index is 0.186. The van der Waals surface area contributed by atoms with Crippen LogP contribution in [0.25, 0.3) is 10.2 Å². The molecular weight excluding hydrogens is 355 g/mol. The maximum atomic E-state index is 13.5. The number of amides is 1. The summed E-state index contributed by atoms with van der Waals surface area (Å²) in [6.07, 6.45) is 2.31. The molecule has 0 saturated heterocycles. The number of carbonyl (C=O) groups excluding carboxylic acids is 1. The smallest absolute Gasteiger partial charge is 0.252 e. The highest BCUT2D eigenvalue weighted by Gasteiger charge is 2.09. The Morgan fingerprint density at radius 3 is 2.72 bits per heavy atom. The lowest BCUT2D eigenvalue weighted by atomic mass is 10.1. The number of carbonyl (C=O) groups is 1. The number of hydrogen-bond donors (Lipinski definition) is 0. The molecule has 0 bridgehead atoms. The van der Waals surface area contributed by atoms with Crippen molar-refractivity contribution in [3.8, 4) is 0 Å². The second kappa shape index (κ2) is 7.97. The first kappa shape index (κ1) is 17.9. The fourth-order valence-electron chi connectivity index (χ4n) is 2.56. The van der Waals surface area contributed by atoms with Crippen LogP contribution in [-0.4, -0.2) is 22.5 Å². The van der Waals surface area contributed by atoms with E-state index in [1.54, 1.807) is 17.8 Å². The predicted octanol–water partition coefficient (Wildman–Crippen LogP) is 4.18. The summed E-state index contributed by atoms with van der Waals surface area (Å²) in [4.78, 5) is 17.3. The first-order valence-corrected chi connectivity index (χ1v) is 10.2. The molecule has 1 amide bonds. The molecule has 0 saturated carbocycles. The average molecular weight is 375 g/mol. The van der Waals surface area contributed by atoms with Crippen molar-refractivity contribution in [1.29, 1.82) is 0 Å². The molecular formula is C19H19FN2OS2. The number of aryl methyl sites for hydroxylation is 2. The molecule has 0 N–H and O–H groups in total. The van der Waals surface area contributed by atoms with Gasteiger partial charge in [-0.1, -0.05) is 41.2 Å². The van der Waals surface area contributed by atoms with E-state index in [9.17, 15) is 9.18 Å². The van der Waals surface area contributed by atoms with E-state index in [0.717, 1.165) is 33.6 Å². The highest BCUT2D eigenvalue weighted by Crippen LogP contribution is 2.19. The molecule has 0 atom stereocenters. The summed E-state index contributed by atoms with van der Waals surface area (Å²) >= 11 is 3.08. The van der Waals surface area contributed by atoms with E-state index in [0.29, 0.717) is 4.80 Å². The van der Waals surface area contributed by atoms with Crippen molar-refractivity contribution in [1.82, 2.24) is 4.57 Å². The number of fused-ring (bicyclic) bond motifs is 1. The Labute approximate surface area is 154 Å². The van der Waals surface area contributed by atoms with Crippen LogP contribution in [0.2, 0.25) is 0 Å². The van der Waals surface area contributed by atoms with E-state index in [1.165, 1.54) is 23.5 Å². The highest BCUT2D eigenvalue weighted by molar-refractivity contribution is 7.98. The lowest BCUT2D eigenvalue weighted by Crippen LogP contribution is -2.18. The van der Waals surface area contributed by atoms with Crippen molar-refractivity contribution in [2.24, 2.45) is 4.99 Å². The molecule has 130 valence electrons. The minimum Gasteiger partial charge on any atom is -0.316 e. The summed E-state index contributed by atoms with van der Waals surface area (Å²) in [5.41, 5.74) is 3.03. The molecule has 6 heteroatoms. The summed E-state index contributed by atoms with van der Waals surface area (Å²) in [6, 6.07) is 12.6. The highest BCUT2D eigenvalue weighted by atomic mass is 32.2.